The predicted octanol–water partition coefficient (Wildman–Crippen LogP) is -0.280. The molecule has 0 bridgehead atoms. The molecule has 1 aliphatic heterocycles. The Hall–Kier alpha value is -1.77. The summed E-state index contributed by atoms with van der Waals surface area (Å²) in [7, 11) is 3.34. The Morgan fingerprint density at radius 2 is 1.67 bits per heavy atom. The zero-order valence-electron chi connectivity index (χ0n) is 14.6. The van der Waals surface area contributed by atoms with E-state index in [-0.39, 0.29) is 5.91 Å². The second kappa shape index (κ2) is 10.2. The summed E-state index contributed by atoms with van der Waals surface area (Å²) in [6.07, 6.45) is 3.48. The Morgan fingerprint density at radius 1 is 1.08 bits per heavy atom. The summed E-state index contributed by atoms with van der Waals surface area (Å²) in [4.78, 5) is 27.1. The van der Waals surface area contributed by atoms with Gasteiger partial charge in [-0.15, -0.1) is 0 Å². The van der Waals surface area contributed by atoms with E-state index in [1.165, 1.54) is 0 Å². The Balaban J connectivity index is 1.80. The quantitative estimate of drug-likeness (QED) is 0.614. The third-order valence-electron chi connectivity index (χ3n) is 4.05. The summed E-state index contributed by atoms with van der Waals surface area (Å²) in [6, 6.07) is 1.80. The minimum Gasteiger partial charge on any atom is -0.383 e. The van der Waals surface area contributed by atoms with Gasteiger partial charge in [0.1, 0.15) is 0 Å². The van der Waals surface area contributed by atoms with Crippen molar-refractivity contribution in [2.45, 2.75) is 0 Å². The molecule has 134 valence electrons. The molecule has 8 heteroatoms. The molecular formula is C16H27N5O3. The Morgan fingerprint density at radius 3 is 2.21 bits per heavy atom. The van der Waals surface area contributed by atoms with Gasteiger partial charge in [0.25, 0.3) is 0 Å². The topological polar surface area (TPSA) is 71.0 Å². The highest BCUT2D eigenvalue weighted by molar-refractivity contribution is 5.78. The van der Waals surface area contributed by atoms with Crippen LogP contribution in [0.2, 0.25) is 0 Å². The first-order chi connectivity index (χ1) is 11.7. The smallest absolute Gasteiger partial charge is 0.236 e. The van der Waals surface area contributed by atoms with Crippen molar-refractivity contribution < 1.29 is 14.3 Å². The lowest BCUT2D eigenvalue weighted by Crippen LogP contribution is -2.52. The molecule has 1 amide bonds. The van der Waals surface area contributed by atoms with Crippen LogP contribution in [0.5, 0.6) is 0 Å². The average molecular weight is 337 g/mol. The first-order valence-electron chi connectivity index (χ1n) is 8.24. The van der Waals surface area contributed by atoms with Crippen LogP contribution in [-0.4, -0.2) is 98.9 Å². The average Bonchev–Trinajstić information content (AvgIpc) is 2.64. The van der Waals surface area contributed by atoms with E-state index in [2.05, 4.69) is 19.8 Å². The first-order valence-corrected chi connectivity index (χ1v) is 8.24. The van der Waals surface area contributed by atoms with Crippen molar-refractivity contribution in [3.8, 4) is 0 Å². The van der Waals surface area contributed by atoms with Crippen LogP contribution < -0.4 is 4.90 Å². The second-order valence-electron chi connectivity index (χ2n) is 5.68. The van der Waals surface area contributed by atoms with Gasteiger partial charge in [-0.05, 0) is 6.07 Å². The molecule has 0 radical (unpaired) electrons. The van der Waals surface area contributed by atoms with E-state index in [1.54, 1.807) is 32.7 Å². The van der Waals surface area contributed by atoms with Crippen molar-refractivity contribution in [3.05, 3.63) is 18.5 Å². The van der Waals surface area contributed by atoms with Gasteiger partial charge in [0, 0.05) is 65.9 Å². The summed E-state index contributed by atoms with van der Waals surface area (Å²) >= 11 is 0. The number of methoxy groups -OCH3 is 2. The number of nitrogens with zero attached hydrogens (tertiary/aromatic N) is 5. The fourth-order valence-electron chi connectivity index (χ4n) is 2.61. The van der Waals surface area contributed by atoms with Crippen LogP contribution in [0.1, 0.15) is 0 Å². The van der Waals surface area contributed by atoms with E-state index < -0.39 is 0 Å². The fourth-order valence-corrected chi connectivity index (χ4v) is 2.61. The molecule has 1 aliphatic rings. The number of anilines is 1. The maximum absolute atomic E-state index is 12.5. The summed E-state index contributed by atoms with van der Waals surface area (Å²) < 4.78 is 10.2. The van der Waals surface area contributed by atoms with Gasteiger partial charge >= 0.3 is 0 Å². The van der Waals surface area contributed by atoms with E-state index in [0.29, 0.717) is 32.8 Å². The SMILES string of the molecule is COCCN(CCOC)CC(=O)N1CCN(c2ncccn2)CC1. The first kappa shape index (κ1) is 18.6. The number of piperazine rings is 1. The normalized spacial score (nSPS) is 15.1. The van der Waals surface area contributed by atoms with Crippen molar-refractivity contribution in [3.63, 3.8) is 0 Å². The minimum atomic E-state index is 0.149. The molecule has 1 aromatic rings. The molecule has 0 aliphatic carbocycles. The van der Waals surface area contributed by atoms with Gasteiger partial charge in [-0.2, -0.15) is 0 Å². The van der Waals surface area contributed by atoms with Crippen molar-refractivity contribution in [1.82, 2.24) is 19.8 Å². The third kappa shape index (κ3) is 5.70. The van der Waals surface area contributed by atoms with Crippen molar-refractivity contribution in [1.29, 1.82) is 0 Å². The molecule has 0 spiro atoms. The van der Waals surface area contributed by atoms with Gasteiger partial charge in [0.2, 0.25) is 11.9 Å². The highest BCUT2D eigenvalue weighted by Gasteiger charge is 2.23. The summed E-state index contributed by atoms with van der Waals surface area (Å²) in [5.41, 5.74) is 0. The maximum Gasteiger partial charge on any atom is 0.236 e. The molecule has 1 aromatic heterocycles. The van der Waals surface area contributed by atoms with Crippen molar-refractivity contribution in [2.75, 3.05) is 78.1 Å². The maximum atomic E-state index is 12.5. The van der Waals surface area contributed by atoms with Crippen LogP contribution in [0.15, 0.2) is 18.5 Å². The molecule has 0 saturated carbocycles. The van der Waals surface area contributed by atoms with Gasteiger partial charge in [-0.3, -0.25) is 9.69 Å². The molecule has 2 rings (SSSR count). The van der Waals surface area contributed by atoms with Crippen LogP contribution >= 0.6 is 0 Å². The number of hydrogen-bond acceptors (Lipinski definition) is 7. The van der Waals surface area contributed by atoms with Crippen LogP contribution in [0.4, 0.5) is 5.95 Å². The molecule has 0 unspecified atom stereocenters. The van der Waals surface area contributed by atoms with Crippen LogP contribution in [0.3, 0.4) is 0 Å². The highest BCUT2D eigenvalue weighted by Crippen LogP contribution is 2.10. The summed E-state index contributed by atoms with van der Waals surface area (Å²) in [5, 5.41) is 0. The van der Waals surface area contributed by atoms with E-state index in [9.17, 15) is 4.79 Å². The molecule has 1 saturated heterocycles. The van der Waals surface area contributed by atoms with Crippen LogP contribution in [-0.2, 0) is 14.3 Å². The standard InChI is InChI=1S/C16H27N5O3/c1-23-12-10-19(11-13-24-2)14-15(22)20-6-8-21(9-7-20)16-17-4-3-5-18-16/h3-5H,6-14H2,1-2H3. The lowest BCUT2D eigenvalue weighted by molar-refractivity contribution is -0.133. The van der Waals surface area contributed by atoms with Gasteiger partial charge in [-0.1, -0.05) is 0 Å². The molecule has 24 heavy (non-hydrogen) atoms. The Kier molecular flexibility index (Phi) is 7.87. The van der Waals surface area contributed by atoms with E-state index in [0.717, 1.165) is 32.1 Å². The van der Waals surface area contributed by atoms with E-state index in [1.807, 2.05) is 4.90 Å². The van der Waals surface area contributed by atoms with Crippen LogP contribution in [0, 0.1) is 0 Å². The van der Waals surface area contributed by atoms with Gasteiger partial charge in [0.15, 0.2) is 0 Å². The van der Waals surface area contributed by atoms with Crippen LogP contribution in [0.25, 0.3) is 0 Å². The zero-order chi connectivity index (χ0) is 17.2. The minimum absolute atomic E-state index is 0.149. The molecule has 0 aromatic carbocycles. The number of ether oxygens (including phenoxy) is 2. The summed E-state index contributed by atoms with van der Waals surface area (Å²) in [6.45, 7) is 5.96. The number of amides is 1. The van der Waals surface area contributed by atoms with Crippen molar-refractivity contribution >= 4 is 11.9 Å². The predicted molar refractivity (Wildman–Crippen MR) is 91.0 cm³/mol. The molecule has 0 atom stereocenters. The lowest BCUT2D eigenvalue weighted by atomic mass is 10.3. The largest absolute Gasteiger partial charge is 0.383 e. The Labute approximate surface area is 143 Å². The lowest BCUT2D eigenvalue weighted by Gasteiger charge is -2.35. The fraction of sp³-hybridized carbons (Fsp3) is 0.688. The molecule has 0 N–H and O–H groups in total. The number of carbonyl (C=O) groups is 1. The second-order valence-corrected chi connectivity index (χ2v) is 5.68. The van der Waals surface area contributed by atoms with Gasteiger partial charge in [0.05, 0.1) is 19.8 Å². The molecule has 1 fully saturated rings. The number of hydrogen-bond donors (Lipinski definition) is 0. The molecule has 2 heterocycles. The number of carbonyl (C=O) groups excluding carboxylic acids is 1. The molecule has 8 nitrogen and oxygen atoms in total. The van der Waals surface area contributed by atoms with Gasteiger partial charge in [-0.25, -0.2) is 9.97 Å². The van der Waals surface area contributed by atoms with E-state index in [4.69, 9.17) is 9.47 Å². The number of rotatable bonds is 9. The Bertz CT molecular complexity index is 472. The monoisotopic (exact) mass is 337 g/mol. The highest BCUT2D eigenvalue weighted by atomic mass is 16.5. The summed E-state index contributed by atoms with van der Waals surface area (Å²) in [5.74, 6) is 0.877. The third-order valence-corrected chi connectivity index (χ3v) is 4.05. The van der Waals surface area contributed by atoms with Gasteiger partial charge < -0.3 is 19.3 Å². The molecular weight excluding hydrogens is 310 g/mol. The van der Waals surface area contributed by atoms with Crippen molar-refractivity contribution in [2.24, 2.45) is 0 Å². The van der Waals surface area contributed by atoms with E-state index >= 15 is 0 Å². The zero-order valence-corrected chi connectivity index (χ0v) is 14.6. The number of aromatic nitrogens is 2.